The minimum atomic E-state index is -0.516. The van der Waals surface area contributed by atoms with Crippen LogP contribution in [0.15, 0.2) is 34.4 Å². The lowest BCUT2D eigenvalue weighted by Gasteiger charge is -2.30. The average Bonchev–Trinajstić information content (AvgIpc) is 3.48. The first-order chi connectivity index (χ1) is 15.5. The van der Waals surface area contributed by atoms with E-state index < -0.39 is 5.97 Å². The number of aromatic nitrogens is 3. The summed E-state index contributed by atoms with van der Waals surface area (Å²) in [5, 5.41) is 5.81. The van der Waals surface area contributed by atoms with Crippen LogP contribution in [0.4, 0.5) is 6.01 Å². The third-order valence-corrected chi connectivity index (χ3v) is 6.06. The van der Waals surface area contributed by atoms with Gasteiger partial charge in [-0.1, -0.05) is 0 Å². The van der Waals surface area contributed by atoms with Crippen molar-refractivity contribution in [3.8, 4) is 11.3 Å². The van der Waals surface area contributed by atoms with Gasteiger partial charge in [-0.05, 0) is 38.8 Å². The van der Waals surface area contributed by atoms with Crippen LogP contribution in [-0.2, 0) is 16.1 Å². The number of nitrogens with one attached hydrogen (secondary N) is 1. The molecule has 32 heavy (non-hydrogen) atoms. The van der Waals surface area contributed by atoms with E-state index in [0.717, 1.165) is 34.8 Å². The van der Waals surface area contributed by atoms with E-state index in [-0.39, 0.29) is 24.1 Å². The van der Waals surface area contributed by atoms with Crippen molar-refractivity contribution in [1.82, 2.24) is 20.3 Å². The van der Waals surface area contributed by atoms with Crippen molar-refractivity contribution in [1.29, 1.82) is 0 Å². The van der Waals surface area contributed by atoms with Gasteiger partial charge in [0, 0.05) is 35.9 Å². The molecule has 4 rings (SSSR count). The molecule has 0 saturated carbocycles. The molecule has 9 nitrogen and oxygen atoms in total. The van der Waals surface area contributed by atoms with Crippen LogP contribution in [-0.4, -0.2) is 46.5 Å². The van der Waals surface area contributed by atoms with Crippen LogP contribution in [0, 0.1) is 12.8 Å². The van der Waals surface area contributed by atoms with Gasteiger partial charge < -0.3 is 19.4 Å². The van der Waals surface area contributed by atoms with Crippen LogP contribution in [0.25, 0.3) is 11.3 Å². The highest BCUT2D eigenvalue weighted by Gasteiger charge is 2.28. The zero-order valence-electron chi connectivity index (χ0n) is 18.0. The molecule has 0 unspecified atom stereocenters. The number of hydrogen-bond acceptors (Lipinski definition) is 9. The fourth-order valence-corrected chi connectivity index (χ4v) is 4.27. The number of oxazole rings is 1. The molecule has 168 valence electrons. The lowest BCUT2D eigenvalue weighted by Crippen LogP contribution is -2.43. The summed E-state index contributed by atoms with van der Waals surface area (Å²) in [7, 11) is 0. The fourth-order valence-electron chi connectivity index (χ4n) is 3.52. The van der Waals surface area contributed by atoms with Crippen LogP contribution in [0.3, 0.4) is 0 Å². The molecular weight excluding hydrogens is 430 g/mol. The highest BCUT2D eigenvalue weighted by atomic mass is 32.1. The van der Waals surface area contributed by atoms with Crippen molar-refractivity contribution in [2.75, 3.05) is 24.6 Å². The van der Waals surface area contributed by atoms with Crippen molar-refractivity contribution >= 4 is 29.2 Å². The number of carbonyl (C=O) groups excluding carboxylic acids is 2. The Balaban J connectivity index is 1.32. The SMILES string of the molecule is CCOC(=O)c1coc(N2CCC[C@H](C(=O)NCc3nc(-c4ccc(C)nc4)cs3)C2)n1. The molecule has 10 heteroatoms. The number of nitrogens with zero attached hydrogens (tertiary/aromatic N) is 4. The average molecular weight is 456 g/mol. The summed E-state index contributed by atoms with van der Waals surface area (Å²) in [6.45, 7) is 5.53. The van der Waals surface area contributed by atoms with Crippen LogP contribution < -0.4 is 10.2 Å². The number of esters is 1. The third-order valence-electron chi connectivity index (χ3n) is 5.21. The Morgan fingerprint density at radius 2 is 2.22 bits per heavy atom. The molecule has 3 aromatic rings. The summed E-state index contributed by atoms with van der Waals surface area (Å²) < 4.78 is 10.4. The van der Waals surface area contributed by atoms with Crippen molar-refractivity contribution in [2.24, 2.45) is 5.92 Å². The van der Waals surface area contributed by atoms with Gasteiger partial charge in [0.25, 0.3) is 6.01 Å². The van der Waals surface area contributed by atoms with E-state index in [1.807, 2.05) is 29.3 Å². The number of amides is 1. The molecule has 1 fully saturated rings. The maximum absolute atomic E-state index is 12.8. The molecule has 0 aliphatic carbocycles. The van der Waals surface area contributed by atoms with Crippen LogP contribution in [0.2, 0.25) is 0 Å². The predicted molar refractivity (Wildman–Crippen MR) is 119 cm³/mol. The van der Waals surface area contributed by atoms with E-state index in [9.17, 15) is 9.59 Å². The first kappa shape index (κ1) is 21.9. The van der Waals surface area contributed by atoms with Gasteiger partial charge in [0.15, 0.2) is 5.69 Å². The monoisotopic (exact) mass is 455 g/mol. The lowest BCUT2D eigenvalue weighted by molar-refractivity contribution is -0.125. The number of ether oxygens (including phenoxy) is 1. The van der Waals surface area contributed by atoms with Gasteiger partial charge >= 0.3 is 5.97 Å². The molecule has 0 spiro atoms. The Hall–Kier alpha value is -3.27. The van der Waals surface area contributed by atoms with Crippen molar-refractivity contribution < 1.29 is 18.7 Å². The maximum Gasteiger partial charge on any atom is 0.360 e. The van der Waals surface area contributed by atoms with Gasteiger partial charge in [0.05, 0.1) is 24.8 Å². The van der Waals surface area contributed by atoms with Crippen LogP contribution in [0.5, 0.6) is 0 Å². The standard InChI is InChI=1S/C22H25N5O4S/c1-3-30-21(29)17-12-31-22(26-17)27-8-4-5-16(11-27)20(28)24-10-19-25-18(13-32-19)15-7-6-14(2)23-9-15/h6-7,9,12-13,16H,3-5,8,10-11H2,1-2H3,(H,24,28)/t16-/m0/s1. The zero-order chi connectivity index (χ0) is 22.5. The van der Waals surface area contributed by atoms with Crippen molar-refractivity contribution in [3.63, 3.8) is 0 Å². The molecule has 0 radical (unpaired) electrons. The largest absolute Gasteiger partial charge is 0.461 e. The number of thiazole rings is 1. The molecule has 0 bridgehead atoms. The molecule has 1 aliphatic heterocycles. The summed E-state index contributed by atoms with van der Waals surface area (Å²) >= 11 is 1.51. The number of anilines is 1. The summed E-state index contributed by atoms with van der Waals surface area (Å²) in [6.07, 6.45) is 4.71. The first-order valence-electron chi connectivity index (χ1n) is 10.6. The summed E-state index contributed by atoms with van der Waals surface area (Å²) in [5.74, 6) is -0.735. The van der Waals surface area contributed by atoms with E-state index in [0.29, 0.717) is 25.6 Å². The van der Waals surface area contributed by atoms with Crippen molar-refractivity contribution in [2.45, 2.75) is 33.2 Å². The lowest BCUT2D eigenvalue weighted by atomic mass is 9.97. The van der Waals surface area contributed by atoms with Crippen LogP contribution in [0.1, 0.15) is 41.0 Å². The number of aryl methyl sites for hydroxylation is 1. The number of rotatable bonds is 7. The zero-order valence-corrected chi connectivity index (χ0v) is 18.9. The quantitative estimate of drug-likeness (QED) is 0.541. The molecule has 0 aromatic carbocycles. The number of pyridine rings is 1. The van der Waals surface area contributed by atoms with Gasteiger partial charge in [0.1, 0.15) is 11.3 Å². The summed E-state index contributed by atoms with van der Waals surface area (Å²) in [4.78, 5) is 39.6. The first-order valence-corrected chi connectivity index (χ1v) is 11.4. The van der Waals surface area contributed by atoms with Crippen LogP contribution >= 0.6 is 11.3 Å². The Kier molecular flexibility index (Phi) is 6.79. The number of hydrogen-bond donors (Lipinski definition) is 1. The second kappa shape index (κ2) is 9.90. The fraction of sp³-hybridized carbons (Fsp3) is 0.409. The van der Waals surface area contributed by atoms with E-state index in [2.05, 4.69) is 20.3 Å². The maximum atomic E-state index is 12.8. The molecule has 1 saturated heterocycles. The second-order valence-electron chi connectivity index (χ2n) is 7.55. The van der Waals surface area contributed by atoms with E-state index in [4.69, 9.17) is 9.15 Å². The smallest absolute Gasteiger partial charge is 0.360 e. The van der Waals surface area contributed by atoms with Gasteiger partial charge in [-0.2, -0.15) is 4.98 Å². The van der Waals surface area contributed by atoms with E-state index in [1.165, 1.54) is 17.6 Å². The highest BCUT2D eigenvalue weighted by Crippen LogP contribution is 2.24. The molecule has 1 amide bonds. The molecular formula is C22H25N5O4S. The third kappa shape index (κ3) is 5.13. The summed E-state index contributed by atoms with van der Waals surface area (Å²) in [5.41, 5.74) is 2.91. The summed E-state index contributed by atoms with van der Waals surface area (Å²) in [6, 6.07) is 4.28. The molecule has 1 N–H and O–H groups in total. The Bertz CT molecular complexity index is 1080. The van der Waals surface area contributed by atoms with Crippen molar-refractivity contribution in [3.05, 3.63) is 46.4 Å². The number of carbonyl (C=O) groups is 2. The van der Waals surface area contributed by atoms with Gasteiger partial charge in [-0.3, -0.25) is 9.78 Å². The normalized spacial score (nSPS) is 16.1. The minimum absolute atomic E-state index is 0.0272. The molecule has 1 atom stereocenters. The molecule has 1 aliphatic rings. The topological polar surface area (TPSA) is 110 Å². The Morgan fingerprint density at radius 3 is 3.00 bits per heavy atom. The predicted octanol–water partition coefficient (Wildman–Crippen LogP) is 3.21. The Morgan fingerprint density at radius 1 is 1.34 bits per heavy atom. The minimum Gasteiger partial charge on any atom is -0.461 e. The van der Waals surface area contributed by atoms with Gasteiger partial charge in [-0.15, -0.1) is 11.3 Å². The van der Waals surface area contributed by atoms with E-state index >= 15 is 0 Å². The highest BCUT2D eigenvalue weighted by molar-refractivity contribution is 7.09. The van der Waals surface area contributed by atoms with Gasteiger partial charge in [0.2, 0.25) is 5.91 Å². The van der Waals surface area contributed by atoms with E-state index in [1.54, 1.807) is 13.1 Å². The molecule has 4 heterocycles. The van der Waals surface area contributed by atoms with Gasteiger partial charge in [-0.25, -0.2) is 9.78 Å². The molecule has 3 aromatic heterocycles. The second-order valence-corrected chi connectivity index (χ2v) is 8.50. The Labute approximate surface area is 189 Å². The number of piperidine rings is 1.